The molecule has 3 unspecified atom stereocenters. The smallest absolute Gasteiger partial charge is 0.237 e. The molecule has 3 aliphatic rings. The first-order chi connectivity index (χ1) is 7.95. The standard InChI is InChI=1S/C10H14Cl2INO3S/c1-7(2)6-3-4-8(7)5-18(16,17)14(15)10(8,13)9(6,11)12/h6,15H,3-5H2,1-2H3. The van der Waals surface area contributed by atoms with Crippen LogP contribution in [-0.2, 0) is 10.0 Å². The molecule has 1 aliphatic heterocycles. The normalized spacial score (nSPS) is 51.6. The van der Waals surface area contributed by atoms with E-state index in [0.29, 0.717) is 4.47 Å². The van der Waals surface area contributed by atoms with E-state index in [0.717, 1.165) is 12.8 Å². The lowest BCUT2D eigenvalue weighted by Crippen LogP contribution is -2.57. The van der Waals surface area contributed by atoms with Crippen LogP contribution in [0.2, 0.25) is 0 Å². The summed E-state index contributed by atoms with van der Waals surface area (Å²) in [5.74, 6) is -0.0974. The van der Waals surface area contributed by atoms with Crippen LogP contribution in [0, 0.1) is 16.7 Å². The summed E-state index contributed by atoms with van der Waals surface area (Å²) in [6, 6.07) is 0. The van der Waals surface area contributed by atoms with E-state index >= 15 is 0 Å². The molecule has 2 saturated carbocycles. The minimum atomic E-state index is -3.72. The van der Waals surface area contributed by atoms with Crippen molar-refractivity contribution in [3.8, 4) is 0 Å². The molecule has 3 fully saturated rings. The van der Waals surface area contributed by atoms with Gasteiger partial charge < -0.3 is 0 Å². The van der Waals surface area contributed by atoms with E-state index in [2.05, 4.69) is 0 Å². The predicted octanol–water partition coefficient (Wildman–Crippen LogP) is 2.76. The van der Waals surface area contributed by atoms with E-state index in [1.165, 1.54) is 0 Å². The summed E-state index contributed by atoms with van der Waals surface area (Å²) in [5, 5.41) is 10.1. The van der Waals surface area contributed by atoms with Gasteiger partial charge >= 0.3 is 0 Å². The molecule has 1 saturated heterocycles. The van der Waals surface area contributed by atoms with Crippen molar-refractivity contribution in [3.63, 3.8) is 0 Å². The zero-order chi connectivity index (χ0) is 13.8. The second kappa shape index (κ2) is 3.32. The van der Waals surface area contributed by atoms with E-state index < -0.39 is 23.3 Å². The van der Waals surface area contributed by atoms with Crippen molar-refractivity contribution < 1.29 is 13.6 Å². The Morgan fingerprint density at radius 3 is 2.44 bits per heavy atom. The zero-order valence-electron chi connectivity index (χ0n) is 9.95. The highest BCUT2D eigenvalue weighted by molar-refractivity contribution is 14.1. The Morgan fingerprint density at radius 1 is 1.39 bits per heavy atom. The van der Waals surface area contributed by atoms with Gasteiger partial charge in [0.1, 0.15) is 0 Å². The topological polar surface area (TPSA) is 57.6 Å². The first kappa shape index (κ1) is 14.1. The van der Waals surface area contributed by atoms with Gasteiger partial charge in [0.05, 0.1) is 5.75 Å². The van der Waals surface area contributed by atoms with Gasteiger partial charge in [-0.05, 0) is 18.3 Å². The number of nitrogens with zero attached hydrogens (tertiary/aromatic N) is 1. The molecule has 0 aromatic carbocycles. The average molecular weight is 426 g/mol. The number of hydroxylamine groups is 1. The lowest BCUT2D eigenvalue weighted by atomic mass is 9.69. The van der Waals surface area contributed by atoms with Crippen molar-refractivity contribution >= 4 is 55.8 Å². The molecule has 3 rings (SSSR count). The predicted molar refractivity (Wildman–Crippen MR) is 77.5 cm³/mol. The molecule has 104 valence electrons. The molecule has 0 amide bonds. The minimum Gasteiger partial charge on any atom is -0.298 e. The number of alkyl halides is 3. The summed E-state index contributed by atoms with van der Waals surface area (Å²) in [6.07, 6.45) is 1.53. The molecule has 8 heteroatoms. The van der Waals surface area contributed by atoms with Crippen LogP contribution in [0.5, 0.6) is 0 Å². The molecule has 18 heavy (non-hydrogen) atoms. The van der Waals surface area contributed by atoms with Crippen molar-refractivity contribution in [1.82, 2.24) is 4.47 Å². The van der Waals surface area contributed by atoms with Crippen LogP contribution >= 0.6 is 45.8 Å². The molecule has 0 radical (unpaired) electrons. The summed E-state index contributed by atoms with van der Waals surface area (Å²) in [7, 11) is -3.72. The zero-order valence-corrected chi connectivity index (χ0v) is 14.4. The van der Waals surface area contributed by atoms with E-state index in [1.807, 2.05) is 36.4 Å². The molecule has 3 atom stereocenters. The van der Waals surface area contributed by atoms with Gasteiger partial charge in [-0.15, -0.1) is 0 Å². The second-order valence-electron chi connectivity index (χ2n) is 6.14. The molecule has 4 nitrogen and oxygen atoms in total. The molecule has 0 aromatic heterocycles. The fourth-order valence-corrected chi connectivity index (χ4v) is 10.7. The Bertz CT molecular complexity index is 537. The van der Waals surface area contributed by atoms with Gasteiger partial charge in [0.2, 0.25) is 10.0 Å². The van der Waals surface area contributed by atoms with E-state index in [-0.39, 0.29) is 17.1 Å². The first-order valence-electron chi connectivity index (χ1n) is 5.74. The molecule has 2 aliphatic carbocycles. The van der Waals surface area contributed by atoms with Gasteiger partial charge in [0, 0.05) is 11.3 Å². The van der Waals surface area contributed by atoms with Crippen LogP contribution in [0.4, 0.5) is 0 Å². The highest BCUT2D eigenvalue weighted by Gasteiger charge is 2.87. The Morgan fingerprint density at radius 2 is 1.94 bits per heavy atom. The van der Waals surface area contributed by atoms with Crippen LogP contribution in [0.15, 0.2) is 0 Å². The van der Waals surface area contributed by atoms with Crippen LogP contribution in [0.1, 0.15) is 26.7 Å². The summed E-state index contributed by atoms with van der Waals surface area (Å²) in [5.41, 5.74) is -0.912. The lowest BCUT2D eigenvalue weighted by Gasteiger charge is -2.45. The molecular formula is C10H14Cl2INO3S. The van der Waals surface area contributed by atoms with Gasteiger partial charge in [0.15, 0.2) is 7.88 Å². The van der Waals surface area contributed by atoms with Crippen molar-refractivity contribution in [2.75, 3.05) is 5.75 Å². The van der Waals surface area contributed by atoms with Gasteiger partial charge in [-0.2, -0.15) is 0 Å². The van der Waals surface area contributed by atoms with Crippen LogP contribution in [0.25, 0.3) is 0 Å². The van der Waals surface area contributed by atoms with Crippen molar-refractivity contribution in [3.05, 3.63) is 0 Å². The Kier molecular flexibility index (Phi) is 2.61. The summed E-state index contributed by atoms with van der Waals surface area (Å²) < 4.78 is 22.2. The molecule has 0 aromatic rings. The van der Waals surface area contributed by atoms with Crippen molar-refractivity contribution in [1.29, 1.82) is 0 Å². The van der Waals surface area contributed by atoms with Crippen LogP contribution in [-0.4, -0.2) is 31.7 Å². The fraction of sp³-hybridized carbons (Fsp3) is 1.00. The minimum absolute atomic E-state index is 0.0182. The molecular weight excluding hydrogens is 412 g/mol. The van der Waals surface area contributed by atoms with Crippen LogP contribution < -0.4 is 0 Å². The van der Waals surface area contributed by atoms with Gasteiger partial charge in [-0.25, -0.2) is 8.42 Å². The summed E-state index contributed by atoms with van der Waals surface area (Å²) >= 11 is 15.0. The first-order valence-corrected chi connectivity index (χ1v) is 9.18. The third-order valence-electron chi connectivity index (χ3n) is 5.43. The number of halogens is 3. The quantitative estimate of drug-likeness (QED) is 0.369. The Balaban J connectivity index is 2.35. The number of rotatable bonds is 0. The average Bonchev–Trinajstić information content (AvgIpc) is 2.58. The molecule has 1 N–H and O–H groups in total. The number of hydrogen-bond donors (Lipinski definition) is 1. The molecule has 1 spiro atoms. The van der Waals surface area contributed by atoms with Gasteiger partial charge in [-0.3, -0.25) is 5.21 Å². The monoisotopic (exact) mass is 425 g/mol. The number of hydrogen-bond acceptors (Lipinski definition) is 3. The maximum absolute atomic E-state index is 12.1. The highest BCUT2D eigenvalue weighted by Crippen LogP contribution is 2.82. The summed E-state index contributed by atoms with van der Waals surface area (Å²) in [6.45, 7) is 4.03. The van der Waals surface area contributed by atoms with Gasteiger partial charge in [0.25, 0.3) is 0 Å². The highest BCUT2D eigenvalue weighted by atomic mass is 127. The Labute approximate surface area is 130 Å². The third-order valence-corrected chi connectivity index (χ3v) is 11.5. The van der Waals surface area contributed by atoms with E-state index in [1.54, 1.807) is 0 Å². The Hall–Kier alpha value is 1.18. The van der Waals surface area contributed by atoms with E-state index in [4.69, 9.17) is 23.2 Å². The van der Waals surface area contributed by atoms with Crippen molar-refractivity contribution in [2.45, 2.75) is 34.6 Å². The fourth-order valence-electron chi connectivity index (χ4n) is 4.41. The lowest BCUT2D eigenvalue weighted by molar-refractivity contribution is -0.0751. The third kappa shape index (κ3) is 1.09. The van der Waals surface area contributed by atoms with Crippen molar-refractivity contribution in [2.24, 2.45) is 16.7 Å². The largest absolute Gasteiger partial charge is 0.298 e. The number of fused-ring (bicyclic) bond motifs is 1. The molecule has 2 bridgehead atoms. The van der Waals surface area contributed by atoms with E-state index in [9.17, 15) is 13.6 Å². The summed E-state index contributed by atoms with van der Waals surface area (Å²) in [4.78, 5) is 0. The van der Waals surface area contributed by atoms with Gasteiger partial charge in [-0.1, -0.05) is 64.1 Å². The molecule has 1 heterocycles. The maximum Gasteiger partial charge on any atom is 0.237 e. The van der Waals surface area contributed by atoms with Crippen LogP contribution in [0.3, 0.4) is 0 Å². The SMILES string of the molecule is CC1(C)C2CCC13CS(=O)(=O)N(O)C3(I)C2(Cl)Cl. The second-order valence-corrected chi connectivity index (χ2v) is 10.9. The maximum atomic E-state index is 12.1. The number of sulfonamides is 1.